The predicted molar refractivity (Wildman–Crippen MR) is 144 cm³/mol. The van der Waals surface area contributed by atoms with E-state index in [-0.39, 0.29) is 25.0 Å². The molecule has 1 aliphatic carbocycles. The lowest BCUT2D eigenvalue weighted by Gasteiger charge is -2.33. The third-order valence-electron chi connectivity index (χ3n) is 7.24. The molecule has 8 heteroatoms. The highest BCUT2D eigenvalue weighted by atomic mass is 32.2. The number of carbonyl (C=O) groups is 2. The van der Waals surface area contributed by atoms with E-state index in [2.05, 4.69) is 5.32 Å². The number of anilines is 1. The lowest BCUT2D eigenvalue weighted by atomic mass is 9.95. The molecule has 2 amide bonds. The highest BCUT2D eigenvalue weighted by Gasteiger charge is 2.31. The molecule has 3 rings (SSSR count). The van der Waals surface area contributed by atoms with Crippen molar-refractivity contribution in [3.8, 4) is 0 Å². The summed E-state index contributed by atoms with van der Waals surface area (Å²) in [6.07, 6.45) is 6.35. The molecule has 0 aliphatic heterocycles. The van der Waals surface area contributed by atoms with Crippen molar-refractivity contribution in [3.05, 3.63) is 64.7 Å². The number of rotatable bonds is 9. The van der Waals surface area contributed by atoms with E-state index in [0.29, 0.717) is 5.69 Å². The Bertz CT molecular complexity index is 1190. The van der Waals surface area contributed by atoms with E-state index in [1.54, 1.807) is 19.1 Å². The van der Waals surface area contributed by atoms with Gasteiger partial charge in [0.2, 0.25) is 21.8 Å². The summed E-state index contributed by atoms with van der Waals surface area (Å²) in [5.74, 6) is -0.627. The summed E-state index contributed by atoms with van der Waals surface area (Å²) in [6, 6.07) is 12.5. The van der Waals surface area contributed by atoms with E-state index >= 15 is 0 Å². The lowest BCUT2D eigenvalue weighted by Crippen LogP contribution is -2.53. The number of benzene rings is 2. The van der Waals surface area contributed by atoms with Crippen molar-refractivity contribution >= 4 is 27.5 Å². The van der Waals surface area contributed by atoms with E-state index in [4.69, 9.17) is 0 Å². The van der Waals surface area contributed by atoms with Crippen molar-refractivity contribution < 1.29 is 18.0 Å². The molecule has 0 bridgehead atoms. The first kappa shape index (κ1) is 27.7. The van der Waals surface area contributed by atoms with Crippen molar-refractivity contribution in [2.45, 2.75) is 78.4 Å². The third kappa shape index (κ3) is 6.87. The molecule has 1 atom stereocenters. The van der Waals surface area contributed by atoms with Crippen LogP contribution in [-0.4, -0.2) is 50.0 Å². The van der Waals surface area contributed by atoms with Crippen LogP contribution in [0.1, 0.15) is 61.3 Å². The summed E-state index contributed by atoms with van der Waals surface area (Å²) in [4.78, 5) is 28.5. The van der Waals surface area contributed by atoms with Crippen LogP contribution in [0.5, 0.6) is 0 Å². The zero-order chi connectivity index (χ0) is 26.5. The maximum Gasteiger partial charge on any atom is 0.244 e. The van der Waals surface area contributed by atoms with Crippen molar-refractivity contribution in [1.29, 1.82) is 0 Å². The van der Waals surface area contributed by atoms with E-state index in [1.165, 1.54) is 11.3 Å². The second-order valence-corrected chi connectivity index (χ2v) is 11.9. The molecule has 196 valence electrons. The van der Waals surface area contributed by atoms with Gasteiger partial charge in [0.15, 0.2) is 0 Å². The summed E-state index contributed by atoms with van der Waals surface area (Å²) < 4.78 is 26.8. The molecule has 1 N–H and O–H groups in total. The molecule has 0 radical (unpaired) electrons. The van der Waals surface area contributed by atoms with Crippen LogP contribution in [0, 0.1) is 20.8 Å². The van der Waals surface area contributed by atoms with Gasteiger partial charge in [0, 0.05) is 12.6 Å². The third-order valence-corrected chi connectivity index (χ3v) is 8.37. The van der Waals surface area contributed by atoms with Gasteiger partial charge in [0.25, 0.3) is 0 Å². The second kappa shape index (κ2) is 11.9. The number of hydrogen-bond acceptors (Lipinski definition) is 4. The average molecular weight is 514 g/mol. The monoisotopic (exact) mass is 513 g/mol. The Labute approximate surface area is 215 Å². The molecule has 0 heterocycles. The first-order valence-corrected chi connectivity index (χ1v) is 14.5. The molecule has 7 nitrogen and oxygen atoms in total. The van der Waals surface area contributed by atoms with Crippen LogP contribution in [0.2, 0.25) is 0 Å². The van der Waals surface area contributed by atoms with Gasteiger partial charge in [-0.25, -0.2) is 8.42 Å². The van der Waals surface area contributed by atoms with Crippen LogP contribution in [0.3, 0.4) is 0 Å². The molecule has 1 aliphatic rings. The topological polar surface area (TPSA) is 86.8 Å². The Hall–Kier alpha value is -2.87. The largest absolute Gasteiger partial charge is 0.352 e. The number of hydrogen-bond donors (Lipinski definition) is 1. The standard InChI is InChI=1S/C28H39N3O4S/c1-20-13-11-17-26(22(20)3)31(36(5,34)35)19-27(32)30(18-24-14-10-9-12-21(24)2)23(4)28(33)29-25-15-7-6-8-16-25/h9-14,17,23,25H,6-8,15-16,18-19H2,1-5H3,(H,29,33)/t23-/m1/s1. The molecule has 0 aromatic heterocycles. The number of amides is 2. The lowest BCUT2D eigenvalue weighted by molar-refractivity contribution is -0.139. The highest BCUT2D eigenvalue weighted by Crippen LogP contribution is 2.26. The van der Waals surface area contributed by atoms with Crippen LogP contribution in [-0.2, 0) is 26.2 Å². The maximum atomic E-state index is 13.8. The van der Waals surface area contributed by atoms with Crippen molar-refractivity contribution in [1.82, 2.24) is 10.2 Å². The van der Waals surface area contributed by atoms with Crippen LogP contribution >= 0.6 is 0 Å². The molecule has 0 saturated heterocycles. The van der Waals surface area contributed by atoms with Gasteiger partial charge in [-0.3, -0.25) is 13.9 Å². The minimum Gasteiger partial charge on any atom is -0.352 e. The summed E-state index contributed by atoms with van der Waals surface area (Å²) in [5, 5.41) is 3.12. The minimum absolute atomic E-state index is 0.117. The first-order chi connectivity index (χ1) is 17.0. The Morgan fingerprint density at radius 2 is 1.61 bits per heavy atom. The van der Waals surface area contributed by atoms with Crippen LogP contribution in [0.25, 0.3) is 0 Å². The van der Waals surface area contributed by atoms with Gasteiger partial charge < -0.3 is 10.2 Å². The fourth-order valence-corrected chi connectivity index (χ4v) is 5.62. The van der Waals surface area contributed by atoms with Crippen molar-refractivity contribution in [2.24, 2.45) is 0 Å². The zero-order valence-electron chi connectivity index (χ0n) is 22.1. The van der Waals surface area contributed by atoms with Crippen LogP contribution in [0.15, 0.2) is 42.5 Å². The van der Waals surface area contributed by atoms with Gasteiger partial charge in [-0.15, -0.1) is 0 Å². The predicted octanol–water partition coefficient (Wildman–Crippen LogP) is 4.24. The Morgan fingerprint density at radius 1 is 0.972 bits per heavy atom. The molecule has 2 aromatic rings. The highest BCUT2D eigenvalue weighted by molar-refractivity contribution is 7.92. The van der Waals surface area contributed by atoms with E-state index in [0.717, 1.165) is 58.5 Å². The fourth-order valence-electron chi connectivity index (χ4n) is 4.72. The van der Waals surface area contributed by atoms with E-state index in [1.807, 2.05) is 51.1 Å². The number of aryl methyl sites for hydroxylation is 2. The molecular weight excluding hydrogens is 474 g/mol. The quantitative estimate of drug-likeness (QED) is 0.543. The average Bonchev–Trinajstić information content (AvgIpc) is 2.83. The number of nitrogens with zero attached hydrogens (tertiary/aromatic N) is 2. The zero-order valence-corrected chi connectivity index (χ0v) is 22.9. The summed E-state index contributed by atoms with van der Waals surface area (Å²) in [5.41, 5.74) is 4.13. The Balaban J connectivity index is 1.91. The number of sulfonamides is 1. The van der Waals surface area contributed by atoms with Crippen LogP contribution < -0.4 is 9.62 Å². The molecule has 1 saturated carbocycles. The summed E-state index contributed by atoms with van der Waals surface area (Å²) >= 11 is 0. The molecule has 1 fully saturated rings. The normalized spacial score (nSPS) is 15.2. The van der Waals surface area contributed by atoms with Gasteiger partial charge in [-0.1, -0.05) is 55.7 Å². The summed E-state index contributed by atoms with van der Waals surface area (Å²) in [7, 11) is -3.75. The number of nitrogens with one attached hydrogen (secondary N) is 1. The van der Waals surface area contributed by atoms with Gasteiger partial charge in [0.05, 0.1) is 11.9 Å². The van der Waals surface area contributed by atoms with Gasteiger partial charge >= 0.3 is 0 Å². The smallest absolute Gasteiger partial charge is 0.244 e. The van der Waals surface area contributed by atoms with Gasteiger partial charge in [0.1, 0.15) is 12.6 Å². The van der Waals surface area contributed by atoms with Crippen molar-refractivity contribution in [3.63, 3.8) is 0 Å². The van der Waals surface area contributed by atoms with Crippen LogP contribution in [0.4, 0.5) is 5.69 Å². The van der Waals surface area contributed by atoms with Gasteiger partial charge in [-0.2, -0.15) is 0 Å². The molecule has 0 unspecified atom stereocenters. The van der Waals surface area contributed by atoms with Crippen molar-refractivity contribution in [2.75, 3.05) is 17.1 Å². The molecule has 0 spiro atoms. The number of carbonyl (C=O) groups excluding carboxylic acids is 2. The van der Waals surface area contributed by atoms with Gasteiger partial charge in [-0.05, 0) is 68.9 Å². The minimum atomic E-state index is -3.75. The summed E-state index contributed by atoms with van der Waals surface area (Å²) in [6.45, 7) is 7.27. The Kier molecular flexibility index (Phi) is 9.17. The van der Waals surface area contributed by atoms with E-state index < -0.39 is 22.0 Å². The SMILES string of the molecule is Cc1ccccc1CN(C(=O)CN(c1cccc(C)c1C)S(C)(=O)=O)[C@H](C)C(=O)NC1CCCCC1. The maximum absolute atomic E-state index is 13.8. The van der Waals surface area contributed by atoms with E-state index in [9.17, 15) is 18.0 Å². The fraction of sp³-hybridized carbons (Fsp3) is 0.500. The molecule has 2 aromatic carbocycles. The first-order valence-electron chi connectivity index (χ1n) is 12.7. The molecular formula is C28H39N3O4S. The molecule has 36 heavy (non-hydrogen) atoms. The second-order valence-electron chi connectivity index (χ2n) is 9.96. The Morgan fingerprint density at radius 3 is 2.25 bits per heavy atom.